The van der Waals surface area contributed by atoms with Gasteiger partial charge in [0.2, 0.25) is 0 Å². The number of carbonyl (C=O) groups is 1. The minimum Gasteiger partial charge on any atom is -0.497 e. The van der Waals surface area contributed by atoms with E-state index in [9.17, 15) is 18.0 Å². The van der Waals surface area contributed by atoms with E-state index >= 15 is 0 Å². The Bertz CT molecular complexity index is 820. The van der Waals surface area contributed by atoms with Gasteiger partial charge >= 0.3 is 6.36 Å². The molecule has 0 aromatic heterocycles. The number of anilines is 2. The van der Waals surface area contributed by atoms with Crippen LogP contribution in [0.4, 0.5) is 24.5 Å². The quantitative estimate of drug-likeness (QED) is 0.765. The topological polar surface area (TPSA) is 55.2 Å². The minimum absolute atomic E-state index is 0.181. The molecule has 3 rings (SSSR count). The van der Waals surface area contributed by atoms with Crippen molar-refractivity contribution in [3.63, 3.8) is 0 Å². The molecule has 0 aliphatic carbocycles. The van der Waals surface area contributed by atoms with Crippen molar-refractivity contribution < 1.29 is 32.3 Å². The van der Waals surface area contributed by atoms with Crippen molar-refractivity contribution in [3.8, 4) is 11.5 Å². The summed E-state index contributed by atoms with van der Waals surface area (Å²) < 4.78 is 45.6. The second kappa shape index (κ2) is 9.04. The second-order valence-corrected chi connectivity index (χ2v) is 6.74. The van der Waals surface area contributed by atoms with Gasteiger partial charge in [-0.15, -0.1) is 13.2 Å². The molecule has 1 amide bonds. The number of hydrogen-bond acceptors (Lipinski definition) is 4. The Kier molecular flexibility index (Phi) is 6.48. The number of hydrogen-bond donors (Lipinski definition) is 2. The van der Waals surface area contributed by atoms with Gasteiger partial charge in [-0.2, -0.15) is 0 Å². The van der Waals surface area contributed by atoms with E-state index in [1.807, 2.05) is 24.3 Å². The summed E-state index contributed by atoms with van der Waals surface area (Å²) in [4.78, 5) is 15.7. The molecule has 0 bridgehead atoms. The number of benzene rings is 2. The number of amides is 1. The van der Waals surface area contributed by atoms with Crippen molar-refractivity contribution in [3.05, 3.63) is 48.5 Å². The first kappa shape index (κ1) is 20.8. The summed E-state index contributed by atoms with van der Waals surface area (Å²) in [7, 11) is 1.64. The van der Waals surface area contributed by atoms with E-state index in [1.165, 1.54) is 24.3 Å². The van der Waals surface area contributed by atoms with Crippen molar-refractivity contribution >= 4 is 17.3 Å². The Labute approximate surface area is 166 Å². The van der Waals surface area contributed by atoms with E-state index in [4.69, 9.17) is 4.74 Å². The molecule has 0 spiro atoms. The van der Waals surface area contributed by atoms with Crippen molar-refractivity contribution in [2.24, 2.45) is 0 Å². The largest absolute Gasteiger partial charge is 0.573 e. The van der Waals surface area contributed by atoms with E-state index in [2.05, 4.69) is 15.0 Å². The SMILES string of the molecule is COc1cccc(N2CC[NH+](CC(=O)Nc3ccc(OC(F)(F)F)cc3)CC2)c1. The van der Waals surface area contributed by atoms with Gasteiger partial charge in [0.25, 0.3) is 5.91 Å². The summed E-state index contributed by atoms with van der Waals surface area (Å²) in [5, 5.41) is 2.71. The predicted octanol–water partition coefficient (Wildman–Crippen LogP) is 1.94. The Morgan fingerprint density at radius 2 is 1.79 bits per heavy atom. The van der Waals surface area contributed by atoms with Crippen molar-refractivity contribution in [1.82, 2.24) is 0 Å². The molecule has 1 saturated heterocycles. The number of piperazine rings is 1. The van der Waals surface area contributed by atoms with Gasteiger partial charge in [-0.05, 0) is 36.4 Å². The molecule has 9 heteroatoms. The highest BCUT2D eigenvalue weighted by atomic mass is 19.4. The number of carbonyl (C=O) groups excluding carboxylic acids is 1. The maximum atomic E-state index is 12.3. The summed E-state index contributed by atoms with van der Waals surface area (Å²) in [5.74, 6) is 0.303. The normalized spacial score (nSPS) is 15.1. The minimum atomic E-state index is -4.73. The number of nitrogens with zero attached hydrogens (tertiary/aromatic N) is 1. The number of alkyl halides is 3. The second-order valence-electron chi connectivity index (χ2n) is 6.74. The first-order valence-corrected chi connectivity index (χ1v) is 9.20. The molecule has 6 nitrogen and oxygen atoms in total. The van der Waals surface area contributed by atoms with Gasteiger partial charge in [0.1, 0.15) is 11.5 Å². The van der Waals surface area contributed by atoms with E-state index in [1.54, 1.807) is 7.11 Å². The highest BCUT2D eigenvalue weighted by Gasteiger charge is 2.31. The third-order valence-electron chi connectivity index (χ3n) is 4.67. The predicted molar refractivity (Wildman–Crippen MR) is 103 cm³/mol. The molecule has 156 valence electrons. The zero-order chi connectivity index (χ0) is 20.9. The number of methoxy groups -OCH3 is 1. The lowest BCUT2D eigenvalue weighted by Crippen LogP contribution is -3.15. The van der Waals surface area contributed by atoms with Crippen LogP contribution in [0.3, 0.4) is 0 Å². The molecule has 0 atom stereocenters. The molecule has 1 aliphatic rings. The van der Waals surface area contributed by atoms with Crippen molar-refractivity contribution in [1.29, 1.82) is 0 Å². The Balaban J connectivity index is 1.46. The molecule has 2 aromatic carbocycles. The number of ether oxygens (including phenoxy) is 2. The van der Waals surface area contributed by atoms with Crippen LogP contribution in [0.15, 0.2) is 48.5 Å². The molecule has 2 N–H and O–H groups in total. The summed E-state index contributed by atoms with van der Waals surface area (Å²) in [6, 6.07) is 13.0. The first-order chi connectivity index (χ1) is 13.8. The number of nitrogens with one attached hydrogen (secondary N) is 2. The molecular formula is C20H23F3N3O3+. The van der Waals surface area contributed by atoms with Crippen molar-refractivity contribution in [2.45, 2.75) is 6.36 Å². The molecule has 0 radical (unpaired) electrons. The molecular weight excluding hydrogens is 387 g/mol. The highest BCUT2D eigenvalue weighted by molar-refractivity contribution is 5.91. The van der Waals surface area contributed by atoms with Crippen LogP contribution < -0.4 is 24.6 Å². The molecule has 0 unspecified atom stereocenters. The fraction of sp³-hybridized carbons (Fsp3) is 0.350. The van der Waals surface area contributed by atoms with Gasteiger partial charge in [0.05, 0.1) is 33.3 Å². The number of halogens is 3. The summed E-state index contributed by atoms with van der Waals surface area (Å²) in [6.07, 6.45) is -4.73. The molecule has 1 aliphatic heterocycles. The van der Waals surface area contributed by atoms with E-state index < -0.39 is 6.36 Å². The van der Waals surface area contributed by atoms with Gasteiger partial charge in [0, 0.05) is 17.4 Å². The Hall–Kier alpha value is -2.94. The Morgan fingerprint density at radius 1 is 1.10 bits per heavy atom. The average Bonchev–Trinajstić information content (AvgIpc) is 2.69. The van der Waals surface area contributed by atoms with Gasteiger partial charge in [-0.1, -0.05) is 6.07 Å². The fourth-order valence-corrected chi connectivity index (χ4v) is 3.24. The van der Waals surface area contributed by atoms with Crippen LogP contribution in [0.1, 0.15) is 0 Å². The van der Waals surface area contributed by atoms with Gasteiger partial charge in [-0.25, -0.2) is 0 Å². The number of rotatable bonds is 6. The van der Waals surface area contributed by atoms with Crippen LogP contribution in [-0.2, 0) is 4.79 Å². The zero-order valence-electron chi connectivity index (χ0n) is 16.0. The lowest BCUT2D eigenvalue weighted by molar-refractivity contribution is -0.892. The maximum Gasteiger partial charge on any atom is 0.573 e. The van der Waals surface area contributed by atoms with Crippen LogP contribution in [0, 0.1) is 0 Å². The van der Waals surface area contributed by atoms with Crippen LogP contribution in [-0.4, -0.2) is 52.1 Å². The molecule has 1 fully saturated rings. The van der Waals surface area contributed by atoms with Crippen LogP contribution in [0.5, 0.6) is 11.5 Å². The summed E-state index contributed by atoms with van der Waals surface area (Å²) >= 11 is 0. The standard InChI is InChI=1S/C20H22F3N3O3/c1-28-18-4-2-3-16(13-18)26-11-9-25(10-12-26)14-19(27)24-15-5-7-17(8-6-15)29-20(21,22)23/h2-8,13H,9-12,14H2,1H3,(H,24,27)/p+1. The summed E-state index contributed by atoms with van der Waals surface area (Å²) in [6.45, 7) is 3.55. The van der Waals surface area contributed by atoms with Gasteiger partial charge in [-0.3, -0.25) is 4.79 Å². The lowest BCUT2D eigenvalue weighted by Gasteiger charge is -2.33. The first-order valence-electron chi connectivity index (χ1n) is 9.20. The number of quaternary nitrogens is 1. The van der Waals surface area contributed by atoms with E-state index in [-0.39, 0.29) is 11.7 Å². The maximum absolute atomic E-state index is 12.3. The lowest BCUT2D eigenvalue weighted by atomic mass is 10.2. The zero-order valence-corrected chi connectivity index (χ0v) is 16.0. The van der Waals surface area contributed by atoms with E-state index in [0.717, 1.165) is 42.5 Å². The third kappa shape index (κ3) is 6.28. The molecule has 1 heterocycles. The Morgan fingerprint density at radius 3 is 2.41 bits per heavy atom. The highest BCUT2D eigenvalue weighted by Crippen LogP contribution is 2.24. The van der Waals surface area contributed by atoms with Crippen LogP contribution in [0.2, 0.25) is 0 Å². The smallest absolute Gasteiger partial charge is 0.497 e. The molecule has 2 aromatic rings. The van der Waals surface area contributed by atoms with E-state index in [0.29, 0.717) is 12.2 Å². The van der Waals surface area contributed by atoms with Crippen LogP contribution in [0.25, 0.3) is 0 Å². The van der Waals surface area contributed by atoms with Gasteiger partial charge < -0.3 is 24.6 Å². The molecule has 0 saturated carbocycles. The van der Waals surface area contributed by atoms with Gasteiger partial charge in [0.15, 0.2) is 6.54 Å². The average molecular weight is 410 g/mol. The fourth-order valence-electron chi connectivity index (χ4n) is 3.24. The monoisotopic (exact) mass is 410 g/mol. The third-order valence-corrected chi connectivity index (χ3v) is 4.67. The molecule has 29 heavy (non-hydrogen) atoms. The van der Waals surface area contributed by atoms with Crippen molar-refractivity contribution in [2.75, 3.05) is 50.1 Å². The summed E-state index contributed by atoms with van der Waals surface area (Å²) in [5.41, 5.74) is 1.52. The van der Waals surface area contributed by atoms with Crippen LogP contribution >= 0.6 is 0 Å².